The number of thioether (sulfide) groups is 1. The highest BCUT2D eigenvalue weighted by atomic mass is 32.2. The van der Waals surface area contributed by atoms with Gasteiger partial charge >= 0.3 is 0 Å². The zero-order valence-electron chi connectivity index (χ0n) is 9.74. The molecule has 94 valence electrons. The van der Waals surface area contributed by atoms with E-state index in [0.717, 1.165) is 18.0 Å². The minimum atomic E-state index is 0.0966. The van der Waals surface area contributed by atoms with Crippen molar-refractivity contribution in [3.63, 3.8) is 0 Å². The molecular weight excluding hydrogens is 250 g/mol. The van der Waals surface area contributed by atoms with Gasteiger partial charge in [-0.1, -0.05) is 11.6 Å². The molecule has 1 fully saturated rings. The van der Waals surface area contributed by atoms with Gasteiger partial charge in [0.2, 0.25) is 0 Å². The summed E-state index contributed by atoms with van der Waals surface area (Å²) in [6.07, 6.45) is 6.56. The summed E-state index contributed by atoms with van der Waals surface area (Å²) in [5.74, 6) is 2.42. The molecule has 1 atom stereocenters. The molecular formula is C12H13N3O2S. The lowest BCUT2D eigenvalue weighted by molar-refractivity contribution is 0.419. The van der Waals surface area contributed by atoms with Gasteiger partial charge in [0.15, 0.2) is 5.82 Å². The topological polar surface area (TPSA) is 72.0 Å². The number of hydrogen-bond donors (Lipinski definition) is 1. The van der Waals surface area contributed by atoms with Gasteiger partial charge in [-0.05, 0) is 24.7 Å². The van der Waals surface area contributed by atoms with Crippen LogP contribution in [0, 0.1) is 0 Å². The first kappa shape index (κ1) is 11.5. The van der Waals surface area contributed by atoms with Gasteiger partial charge in [0.25, 0.3) is 5.89 Å². The average molecular weight is 263 g/mol. The maximum Gasteiger partial charge on any atom is 0.259 e. The third-order valence-corrected chi connectivity index (χ3v) is 4.25. The molecule has 2 aromatic heterocycles. The first-order valence-electron chi connectivity index (χ1n) is 5.92. The highest BCUT2D eigenvalue weighted by Crippen LogP contribution is 2.37. The first-order chi connectivity index (χ1) is 8.83. The van der Waals surface area contributed by atoms with Gasteiger partial charge in [0.05, 0.1) is 17.0 Å². The van der Waals surface area contributed by atoms with Crippen LogP contribution < -0.4 is 0 Å². The number of aromatic nitrogens is 3. The third kappa shape index (κ3) is 2.33. The van der Waals surface area contributed by atoms with Crippen molar-refractivity contribution < 1.29 is 9.63 Å². The zero-order valence-corrected chi connectivity index (χ0v) is 10.6. The van der Waals surface area contributed by atoms with Gasteiger partial charge in [-0.25, -0.2) is 0 Å². The fourth-order valence-electron chi connectivity index (χ4n) is 1.97. The molecule has 5 nitrogen and oxygen atoms in total. The zero-order chi connectivity index (χ0) is 12.4. The summed E-state index contributed by atoms with van der Waals surface area (Å²) in [4.78, 5) is 8.29. The lowest BCUT2D eigenvalue weighted by Gasteiger charge is -2.17. The molecule has 0 bridgehead atoms. The Morgan fingerprint density at radius 3 is 3.06 bits per heavy atom. The van der Waals surface area contributed by atoms with Crippen LogP contribution in [-0.2, 0) is 0 Å². The van der Waals surface area contributed by atoms with Gasteiger partial charge in [-0.2, -0.15) is 16.7 Å². The van der Waals surface area contributed by atoms with E-state index in [1.54, 1.807) is 12.3 Å². The number of hydrogen-bond acceptors (Lipinski definition) is 6. The van der Waals surface area contributed by atoms with Crippen molar-refractivity contribution >= 4 is 11.8 Å². The monoisotopic (exact) mass is 263 g/mol. The van der Waals surface area contributed by atoms with Crippen LogP contribution in [0.2, 0.25) is 0 Å². The molecule has 6 heteroatoms. The number of rotatable bonds is 2. The molecule has 1 unspecified atom stereocenters. The molecule has 0 amide bonds. The summed E-state index contributed by atoms with van der Waals surface area (Å²) >= 11 is 1.88. The molecule has 0 aliphatic carbocycles. The molecule has 18 heavy (non-hydrogen) atoms. The van der Waals surface area contributed by atoms with Crippen molar-refractivity contribution in [2.75, 3.05) is 5.75 Å². The molecule has 3 rings (SSSR count). The van der Waals surface area contributed by atoms with Crippen LogP contribution in [0.25, 0.3) is 11.5 Å². The van der Waals surface area contributed by atoms with Crippen molar-refractivity contribution in [1.29, 1.82) is 0 Å². The fourth-order valence-corrected chi connectivity index (χ4v) is 3.21. The molecule has 0 saturated carbocycles. The van der Waals surface area contributed by atoms with Crippen LogP contribution in [0.15, 0.2) is 23.0 Å². The van der Waals surface area contributed by atoms with Crippen molar-refractivity contribution in [2.24, 2.45) is 0 Å². The minimum absolute atomic E-state index is 0.0966. The van der Waals surface area contributed by atoms with E-state index in [4.69, 9.17) is 4.52 Å². The van der Waals surface area contributed by atoms with Crippen molar-refractivity contribution in [1.82, 2.24) is 15.1 Å². The Morgan fingerprint density at radius 1 is 1.33 bits per heavy atom. The summed E-state index contributed by atoms with van der Waals surface area (Å²) in [7, 11) is 0. The van der Waals surface area contributed by atoms with Gasteiger partial charge in [0.1, 0.15) is 5.75 Å². The van der Waals surface area contributed by atoms with Gasteiger partial charge in [-0.15, -0.1) is 0 Å². The molecule has 1 N–H and O–H groups in total. The Bertz CT molecular complexity index is 538. The minimum Gasteiger partial charge on any atom is -0.506 e. The number of aromatic hydroxyl groups is 1. The van der Waals surface area contributed by atoms with Crippen LogP contribution in [-0.4, -0.2) is 26.0 Å². The van der Waals surface area contributed by atoms with Crippen LogP contribution >= 0.6 is 11.8 Å². The molecule has 1 saturated heterocycles. The predicted molar refractivity (Wildman–Crippen MR) is 68.2 cm³/mol. The Balaban J connectivity index is 1.84. The SMILES string of the molecule is Oc1cncc(-c2nc(C3CCCCS3)no2)c1. The predicted octanol–water partition coefficient (Wildman–Crippen LogP) is 2.80. The molecule has 0 spiro atoms. The molecule has 1 aliphatic heterocycles. The summed E-state index contributed by atoms with van der Waals surface area (Å²) in [6, 6.07) is 1.57. The second-order valence-electron chi connectivity index (χ2n) is 4.24. The van der Waals surface area contributed by atoms with E-state index in [9.17, 15) is 5.11 Å². The van der Waals surface area contributed by atoms with E-state index >= 15 is 0 Å². The molecule has 0 aromatic carbocycles. The largest absolute Gasteiger partial charge is 0.506 e. The molecule has 1 aliphatic rings. The van der Waals surface area contributed by atoms with Gasteiger partial charge < -0.3 is 9.63 Å². The highest BCUT2D eigenvalue weighted by molar-refractivity contribution is 7.99. The normalized spacial score (nSPS) is 19.9. The van der Waals surface area contributed by atoms with Crippen molar-refractivity contribution in [2.45, 2.75) is 24.5 Å². The van der Waals surface area contributed by atoms with Gasteiger partial charge in [-0.3, -0.25) is 4.98 Å². The third-order valence-electron chi connectivity index (χ3n) is 2.88. The summed E-state index contributed by atoms with van der Waals surface area (Å²) < 4.78 is 5.23. The Labute approximate surface area is 109 Å². The molecule has 2 aromatic rings. The number of pyridine rings is 1. The second-order valence-corrected chi connectivity index (χ2v) is 5.56. The highest BCUT2D eigenvalue weighted by Gasteiger charge is 2.22. The quantitative estimate of drug-likeness (QED) is 0.898. The van der Waals surface area contributed by atoms with Crippen LogP contribution in [0.3, 0.4) is 0 Å². The van der Waals surface area contributed by atoms with E-state index in [0.29, 0.717) is 16.7 Å². The van der Waals surface area contributed by atoms with E-state index < -0.39 is 0 Å². The Kier molecular flexibility index (Phi) is 3.19. The van der Waals surface area contributed by atoms with Crippen molar-refractivity contribution in [3.8, 4) is 17.2 Å². The van der Waals surface area contributed by atoms with E-state index in [1.165, 1.54) is 19.0 Å². The van der Waals surface area contributed by atoms with E-state index in [1.807, 2.05) is 11.8 Å². The first-order valence-corrected chi connectivity index (χ1v) is 6.97. The maximum atomic E-state index is 9.37. The van der Waals surface area contributed by atoms with E-state index in [2.05, 4.69) is 15.1 Å². The Morgan fingerprint density at radius 2 is 2.28 bits per heavy atom. The summed E-state index contributed by atoms with van der Waals surface area (Å²) in [6.45, 7) is 0. The standard InChI is InChI=1S/C12H13N3O2S/c16-9-5-8(6-13-7-9)12-14-11(15-17-12)10-3-1-2-4-18-10/h5-7,10,16H,1-4H2. The average Bonchev–Trinajstić information content (AvgIpc) is 2.89. The molecule has 0 radical (unpaired) electrons. The van der Waals surface area contributed by atoms with Gasteiger partial charge in [0, 0.05) is 6.20 Å². The lowest BCUT2D eigenvalue weighted by atomic mass is 10.2. The Hall–Kier alpha value is -1.56. The molecule has 3 heterocycles. The smallest absolute Gasteiger partial charge is 0.259 e. The summed E-state index contributed by atoms with van der Waals surface area (Å²) in [5, 5.41) is 13.7. The second kappa shape index (κ2) is 4.97. The summed E-state index contributed by atoms with van der Waals surface area (Å²) in [5.41, 5.74) is 0.648. The van der Waals surface area contributed by atoms with Crippen LogP contribution in [0.4, 0.5) is 0 Å². The maximum absolute atomic E-state index is 9.37. The van der Waals surface area contributed by atoms with Crippen LogP contribution in [0.1, 0.15) is 30.3 Å². The lowest BCUT2D eigenvalue weighted by Crippen LogP contribution is -2.03. The number of nitrogens with zero attached hydrogens (tertiary/aromatic N) is 3. The fraction of sp³-hybridized carbons (Fsp3) is 0.417. The van der Waals surface area contributed by atoms with E-state index in [-0.39, 0.29) is 5.75 Å². The van der Waals surface area contributed by atoms with Crippen LogP contribution in [0.5, 0.6) is 5.75 Å². The van der Waals surface area contributed by atoms with Crippen molar-refractivity contribution in [3.05, 3.63) is 24.3 Å².